The average Bonchev–Trinajstić information content (AvgIpc) is 2.43. The van der Waals surface area contributed by atoms with Crippen LogP contribution in [0.4, 0.5) is 5.95 Å². The van der Waals surface area contributed by atoms with Crippen LogP contribution in [0, 0.1) is 0 Å². The molecule has 0 aromatic carbocycles. The van der Waals surface area contributed by atoms with Crippen molar-refractivity contribution in [3.63, 3.8) is 0 Å². The first-order chi connectivity index (χ1) is 9.10. The Hall–Kier alpha value is -1.29. The monoisotopic (exact) mass is 290 g/mol. The molecule has 1 heterocycles. The maximum atomic E-state index is 11.8. The summed E-state index contributed by atoms with van der Waals surface area (Å²) >= 11 is 0. The fraction of sp³-hybridized carbons (Fsp3) is 0.600. The summed E-state index contributed by atoms with van der Waals surface area (Å²) in [5.41, 5.74) is 0. The number of anilines is 1. The van der Waals surface area contributed by atoms with E-state index in [1.165, 1.54) is 12.4 Å². The number of methoxy groups -OCH3 is 1. The van der Waals surface area contributed by atoms with Gasteiger partial charge in [-0.25, -0.2) is 23.1 Å². The van der Waals surface area contributed by atoms with Gasteiger partial charge in [-0.2, -0.15) is 0 Å². The number of hydrogen-bond donors (Lipinski definition) is 2. The minimum absolute atomic E-state index is 0.0170. The Kier molecular flexibility index (Phi) is 6.64. The molecule has 1 aromatic rings. The highest BCUT2D eigenvalue weighted by molar-refractivity contribution is 7.89. The predicted molar refractivity (Wildman–Crippen MR) is 69.5 cm³/mol. The highest BCUT2D eigenvalue weighted by Crippen LogP contribution is 2.06. The van der Waals surface area contributed by atoms with Gasteiger partial charge < -0.3 is 14.8 Å². The van der Waals surface area contributed by atoms with Crippen LogP contribution >= 0.6 is 0 Å². The number of hydrogen-bond acceptors (Lipinski definition) is 7. The summed E-state index contributed by atoms with van der Waals surface area (Å²) in [7, 11) is -0.370. The fourth-order valence-electron chi connectivity index (χ4n) is 1.16. The molecule has 19 heavy (non-hydrogen) atoms. The van der Waals surface area contributed by atoms with Crippen molar-refractivity contribution in [3.05, 3.63) is 12.4 Å². The molecule has 0 amide bonds. The van der Waals surface area contributed by atoms with Crippen molar-refractivity contribution in [1.82, 2.24) is 14.7 Å². The van der Waals surface area contributed by atoms with Crippen molar-refractivity contribution >= 4 is 16.0 Å². The summed E-state index contributed by atoms with van der Waals surface area (Å²) in [5.74, 6) is 0.363. The van der Waals surface area contributed by atoms with E-state index < -0.39 is 10.0 Å². The highest BCUT2D eigenvalue weighted by atomic mass is 32.2. The molecule has 0 aliphatic carbocycles. The van der Waals surface area contributed by atoms with Crippen molar-refractivity contribution in [2.75, 3.05) is 45.8 Å². The maximum absolute atomic E-state index is 11.8. The zero-order chi connectivity index (χ0) is 14.1. The minimum Gasteiger partial charge on any atom is -0.382 e. The molecule has 0 unspecified atom stereocenters. The lowest BCUT2D eigenvalue weighted by Gasteiger charge is -2.07. The zero-order valence-electron chi connectivity index (χ0n) is 10.9. The second-order valence-electron chi connectivity index (χ2n) is 3.50. The number of sulfonamides is 1. The summed E-state index contributed by atoms with van der Waals surface area (Å²) in [4.78, 5) is 7.70. The Bertz CT molecular complexity index is 463. The molecular weight excluding hydrogens is 272 g/mol. The zero-order valence-corrected chi connectivity index (χ0v) is 11.7. The summed E-state index contributed by atoms with van der Waals surface area (Å²) < 4.78 is 36.0. The standard InChI is InChI=1S/C10H18N4O4S/c1-11-10-12-7-9(8-13-10)19(15,16)14-3-4-18-6-5-17-2/h7-8,14H,3-6H2,1-2H3,(H,11,12,13). The maximum Gasteiger partial charge on any atom is 0.243 e. The van der Waals surface area contributed by atoms with Gasteiger partial charge in [0.1, 0.15) is 4.90 Å². The van der Waals surface area contributed by atoms with E-state index in [2.05, 4.69) is 20.0 Å². The van der Waals surface area contributed by atoms with Gasteiger partial charge in [-0.3, -0.25) is 0 Å². The molecule has 0 saturated carbocycles. The SMILES string of the molecule is CNc1ncc(S(=O)(=O)NCCOCCOC)cn1. The van der Waals surface area contributed by atoms with E-state index in [4.69, 9.17) is 9.47 Å². The second kappa shape index (κ2) is 8.00. The molecule has 0 spiro atoms. The van der Waals surface area contributed by atoms with Gasteiger partial charge in [0.05, 0.1) is 32.2 Å². The molecule has 0 aliphatic rings. The molecular formula is C10H18N4O4S. The minimum atomic E-state index is -3.59. The molecule has 2 N–H and O–H groups in total. The van der Waals surface area contributed by atoms with Crippen LogP contribution in [0.3, 0.4) is 0 Å². The lowest BCUT2D eigenvalue weighted by atomic mass is 10.7. The molecule has 108 valence electrons. The van der Waals surface area contributed by atoms with Crippen molar-refractivity contribution in [1.29, 1.82) is 0 Å². The van der Waals surface area contributed by atoms with E-state index >= 15 is 0 Å². The van der Waals surface area contributed by atoms with Crippen LogP contribution in [0.25, 0.3) is 0 Å². The predicted octanol–water partition coefficient (Wildman–Crippen LogP) is -0.540. The van der Waals surface area contributed by atoms with Crippen LogP contribution in [0.1, 0.15) is 0 Å². The summed E-state index contributed by atoms with van der Waals surface area (Å²) in [6.07, 6.45) is 2.49. The number of rotatable bonds is 9. The van der Waals surface area contributed by atoms with Crippen LogP contribution < -0.4 is 10.0 Å². The van der Waals surface area contributed by atoms with E-state index in [1.807, 2.05) is 0 Å². The van der Waals surface area contributed by atoms with Crippen LogP contribution in [0.5, 0.6) is 0 Å². The molecule has 8 nitrogen and oxygen atoms in total. The van der Waals surface area contributed by atoms with E-state index in [-0.39, 0.29) is 18.0 Å². The van der Waals surface area contributed by atoms with Crippen LogP contribution in [0.2, 0.25) is 0 Å². The number of ether oxygens (including phenoxy) is 2. The van der Waals surface area contributed by atoms with Gasteiger partial charge in [0.25, 0.3) is 0 Å². The fourth-order valence-corrected chi connectivity index (χ4v) is 2.06. The molecule has 1 aromatic heterocycles. The molecule has 9 heteroatoms. The molecule has 0 atom stereocenters. The first-order valence-corrected chi connectivity index (χ1v) is 7.14. The first-order valence-electron chi connectivity index (χ1n) is 5.66. The van der Waals surface area contributed by atoms with Gasteiger partial charge in [-0.1, -0.05) is 0 Å². The molecule has 0 fully saturated rings. The molecule has 1 rings (SSSR count). The van der Waals surface area contributed by atoms with Gasteiger partial charge >= 0.3 is 0 Å². The van der Waals surface area contributed by atoms with Gasteiger partial charge in [0.15, 0.2) is 0 Å². The van der Waals surface area contributed by atoms with E-state index in [9.17, 15) is 8.42 Å². The third kappa shape index (κ3) is 5.47. The Balaban J connectivity index is 2.42. The quantitative estimate of drug-likeness (QED) is 0.589. The third-order valence-electron chi connectivity index (χ3n) is 2.13. The van der Waals surface area contributed by atoms with E-state index in [0.717, 1.165) is 0 Å². The number of aromatic nitrogens is 2. The average molecular weight is 290 g/mol. The van der Waals surface area contributed by atoms with Gasteiger partial charge in [-0.05, 0) is 0 Å². The van der Waals surface area contributed by atoms with Crippen LogP contribution in [-0.4, -0.2) is 58.9 Å². The Morgan fingerprint density at radius 3 is 2.47 bits per heavy atom. The second-order valence-corrected chi connectivity index (χ2v) is 5.26. The summed E-state index contributed by atoms with van der Waals surface area (Å²) in [6, 6.07) is 0. The van der Waals surface area contributed by atoms with Gasteiger partial charge in [0.2, 0.25) is 16.0 Å². The smallest absolute Gasteiger partial charge is 0.243 e. The molecule has 0 radical (unpaired) electrons. The third-order valence-corrected chi connectivity index (χ3v) is 3.55. The lowest BCUT2D eigenvalue weighted by Crippen LogP contribution is -2.28. The van der Waals surface area contributed by atoms with Crippen molar-refractivity contribution in [2.24, 2.45) is 0 Å². The van der Waals surface area contributed by atoms with Crippen LogP contribution in [0.15, 0.2) is 17.3 Å². The highest BCUT2D eigenvalue weighted by Gasteiger charge is 2.14. The Labute approximate surface area is 112 Å². The molecule has 0 aliphatic heterocycles. The number of nitrogens with one attached hydrogen (secondary N) is 2. The van der Waals surface area contributed by atoms with Crippen LogP contribution in [-0.2, 0) is 19.5 Å². The first kappa shape index (κ1) is 15.8. The van der Waals surface area contributed by atoms with E-state index in [0.29, 0.717) is 19.2 Å². The van der Waals surface area contributed by atoms with Gasteiger partial charge in [0, 0.05) is 20.7 Å². The summed E-state index contributed by atoms with van der Waals surface area (Å²) in [5, 5.41) is 2.71. The topological polar surface area (TPSA) is 102 Å². The molecule has 0 bridgehead atoms. The van der Waals surface area contributed by atoms with E-state index in [1.54, 1.807) is 14.2 Å². The Morgan fingerprint density at radius 2 is 1.89 bits per heavy atom. The summed E-state index contributed by atoms with van der Waals surface area (Å²) in [6.45, 7) is 1.36. The van der Waals surface area contributed by atoms with Gasteiger partial charge in [-0.15, -0.1) is 0 Å². The van der Waals surface area contributed by atoms with Crippen molar-refractivity contribution in [3.8, 4) is 0 Å². The van der Waals surface area contributed by atoms with Crippen molar-refractivity contribution < 1.29 is 17.9 Å². The Morgan fingerprint density at radius 1 is 1.21 bits per heavy atom. The molecule has 0 saturated heterocycles. The number of nitrogens with zero attached hydrogens (tertiary/aromatic N) is 2. The van der Waals surface area contributed by atoms with Crippen molar-refractivity contribution in [2.45, 2.75) is 4.90 Å². The lowest BCUT2D eigenvalue weighted by molar-refractivity contribution is 0.0736. The normalized spacial score (nSPS) is 11.5. The largest absolute Gasteiger partial charge is 0.382 e.